The molecule has 1 aliphatic rings. The van der Waals surface area contributed by atoms with Crippen LogP contribution in [0.25, 0.3) is 11.1 Å². The van der Waals surface area contributed by atoms with Crippen molar-refractivity contribution in [3.05, 3.63) is 41.3 Å². The van der Waals surface area contributed by atoms with E-state index < -0.39 is 0 Å². The van der Waals surface area contributed by atoms with Crippen LogP contribution >= 0.6 is 0 Å². The van der Waals surface area contributed by atoms with Gasteiger partial charge in [-0.2, -0.15) is 4.98 Å². The normalized spacial score (nSPS) is 15.3. The number of piperazine rings is 1. The molecule has 6 nitrogen and oxygen atoms in total. The highest BCUT2D eigenvalue weighted by atomic mass is 16.5. The lowest BCUT2D eigenvalue weighted by Crippen LogP contribution is -2.47. The molecule has 2 aromatic heterocycles. The lowest BCUT2D eigenvalue weighted by Gasteiger charge is -2.37. The summed E-state index contributed by atoms with van der Waals surface area (Å²) in [5.74, 6) is 0.930. The average Bonchev–Trinajstić information content (AvgIpc) is 2.97. The number of fused-ring (bicyclic) bond motifs is 1. The Balaban J connectivity index is 1.56. The number of anilines is 2. The first-order chi connectivity index (χ1) is 11.6. The summed E-state index contributed by atoms with van der Waals surface area (Å²) >= 11 is 0. The Morgan fingerprint density at radius 3 is 2.46 bits per heavy atom. The Bertz CT molecular complexity index is 880. The fourth-order valence-corrected chi connectivity index (χ4v) is 3.46. The minimum atomic E-state index is 0.564. The van der Waals surface area contributed by atoms with Crippen molar-refractivity contribution in [2.24, 2.45) is 0 Å². The minimum Gasteiger partial charge on any atom is -0.368 e. The standard InChI is InChI=1S/C18H21N5O/c1-12-4-5-15(13(2)10-12)22-6-8-23(9-7-22)17-16-14(3)21-24-18(16)20-11-19-17/h4-5,10-11H,6-9H2,1-3H3. The number of hydrogen-bond donors (Lipinski definition) is 0. The van der Waals surface area contributed by atoms with E-state index in [1.165, 1.54) is 16.8 Å². The number of benzene rings is 1. The second-order valence-corrected chi connectivity index (χ2v) is 6.41. The largest absolute Gasteiger partial charge is 0.368 e. The van der Waals surface area contributed by atoms with Crippen LogP contribution in [-0.4, -0.2) is 41.3 Å². The first-order valence-corrected chi connectivity index (χ1v) is 8.27. The first-order valence-electron chi connectivity index (χ1n) is 8.27. The van der Waals surface area contributed by atoms with E-state index in [2.05, 4.69) is 57.0 Å². The Morgan fingerprint density at radius 1 is 0.958 bits per heavy atom. The maximum atomic E-state index is 5.26. The monoisotopic (exact) mass is 323 g/mol. The van der Waals surface area contributed by atoms with Gasteiger partial charge in [-0.05, 0) is 32.4 Å². The fourth-order valence-electron chi connectivity index (χ4n) is 3.46. The van der Waals surface area contributed by atoms with Crippen molar-refractivity contribution in [3.8, 4) is 0 Å². The highest BCUT2D eigenvalue weighted by Gasteiger charge is 2.23. The molecule has 1 saturated heterocycles. The molecule has 124 valence electrons. The van der Waals surface area contributed by atoms with Crippen molar-refractivity contribution < 1.29 is 4.52 Å². The SMILES string of the molecule is Cc1ccc(N2CCN(c3ncnc4onc(C)c34)CC2)c(C)c1. The molecule has 0 spiro atoms. The van der Waals surface area contributed by atoms with Crippen LogP contribution in [-0.2, 0) is 0 Å². The smallest absolute Gasteiger partial charge is 0.263 e. The molecule has 3 aromatic rings. The lowest BCUT2D eigenvalue weighted by molar-refractivity contribution is 0.442. The highest BCUT2D eigenvalue weighted by molar-refractivity contribution is 5.88. The van der Waals surface area contributed by atoms with Crippen LogP contribution < -0.4 is 9.80 Å². The molecule has 1 aromatic carbocycles. The van der Waals surface area contributed by atoms with Gasteiger partial charge in [0.1, 0.15) is 17.5 Å². The fraction of sp³-hybridized carbons (Fsp3) is 0.389. The Morgan fingerprint density at radius 2 is 1.71 bits per heavy atom. The molecule has 1 aliphatic heterocycles. The third-order valence-corrected chi connectivity index (χ3v) is 4.70. The number of hydrogen-bond acceptors (Lipinski definition) is 6. The van der Waals surface area contributed by atoms with Crippen molar-refractivity contribution in [2.75, 3.05) is 36.0 Å². The van der Waals surface area contributed by atoms with Gasteiger partial charge in [0.15, 0.2) is 0 Å². The maximum absolute atomic E-state index is 5.26. The van der Waals surface area contributed by atoms with Crippen LogP contribution in [0.5, 0.6) is 0 Å². The lowest BCUT2D eigenvalue weighted by atomic mass is 10.1. The molecule has 1 fully saturated rings. The molecule has 4 rings (SSSR count). The molecular weight excluding hydrogens is 302 g/mol. The van der Waals surface area contributed by atoms with Crippen LogP contribution in [0.4, 0.5) is 11.5 Å². The number of rotatable bonds is 2. The minimum absolute atomic E-state index is 0.564. The Kier molecular flexibility index (Phi) is 3.59. The molecule has 0 radical (unpaired) electrons. The second kappa shape index (κ2) is 5.78. The summed E-state index contributed by atoms with van der Waals surface area (Å²) < 4.78 is 5.26. The number of aryl methyl sites for hydroxylation is 3. The van der Waals surface area contributed by atoms with Crippen LogP contribution in [0.2, 0.25) is 0 Å². The second-order valence-electron chi connectivity index (χ2n) is 6.41. The molecular formula is C18H21N5O. The van der Waals surface area contributed by atoms with E-state index in [1.807, 2.05) is 6.92 Å². The maximum Gasteiger partial charge on any atom is 0.263 e. The third-order valence-electron chi connectivity index (χ3n) is 4.70. The van der Waals surface area contributed by atoms with Gasteiger partial charge in [0.2, 0.25) is 0 Å². The van der Waals surface area contributed by atoms with Crippen LogP contribution in [0.15, 0.2) is 29.0 Å². The van der Waals surface area contributed by atoms with Gasteiger partial charge in [0.25, 0.3) is 5.71 Å². The van der Waals surface area contributed by atoms with E-state index in [4.69, 9.17) is 4.52 Å². The molecule has 6 heteroatoms. The van der Waals surface area contributed by atoms with E-state index >= 15 is 0 Å². The molecule has 0 N–H and O–H groups in total. The van der Waals surface area contributed by atoms with Crippen molar-refractivity contribution in [3.63, 3.8) is 0 Å². The first kappa shape index (κ1) is 14.9. The summed E-state index contributed by atoms with van der Waals surface area (Å²) in [6, 6.07) is 6.66. The summed E-state index contributed by atoms with van der Waals surface area (Å²) in [4.78, 5) is 13.4. The predicted molar refractivity (Wildman–Crippen MR) is 94.7 cm³/mol. The van der Waals surface area contributed by atoms with Gasteiger partial charge in [-0.3, -0.25) is 0 Å². The zero-order chi connectivity index (χ0) is 16.7. The summed E-state index contributed by atoms with van der Waals surface area (Å²) in [5.41, 5.74) is 5.38. The Hall–Kier alpha value is -2.63. The van der Waals surface area contributed by atoms with E-state index in [1.54, 1.807) is 6.33 Å². The van der Waals surface area contributed by atoms with E-state index in [0.29, 0.717) is 5.71 Å². The number of aromatic nitrogens is 3. The van der Waals surface area contributed by atoms with Crippen LogP contribution in [0.1, 0.15) is 16.8 Å². The van der Waals surface area contributed by atoms with E-state index in [-0.39, 0.29) is 0 Å². The van der Waals surface area contributed by atoms with Gasteiger partial charge in [-0.25, -0.2) is 4.98 Å². The van der Waals surface area contributed by atoms with Crippen LogP contribution in [0, 0.1) is 20.8 Å². The predicted octanol–water partition coefficient (Wildman–Crippen LogP) is 2.87. The summed E-state index contributed by atoms with van der Waals surface area (Å²) in [6.07, 6.45) is 1.55. The highest BCUT2D eigenvalue weighted by Crippen LogP contribution is 2.28. The van der Waals surface area contributed by atoms with Gasteiger partial charge >= 0.3 is 0 Å². The molecule has 3 heterocycles. The van der Waals surface area contributed by atoms with Gasteiger partial charge < -0.3 is 14.3 Å². The summed E-state index contributed by atoms with van der Waals surface area (Å²) in [7, 11) is 0. The molecule has 0 saturated carbocycles. The van der Waals surface area contributed by atoms with Crippen molar-refractivity contribution >= 4 is 22.6 Å². The Labute approximate surface area is 141 Å². The number of nitrogens with zero attached hydrogens (tertiary/aromatic N) is 5. The molecule has 0 aliphatic carbocycles. The van der Waals surface area contributed by atoms with Crippen molar-refractivity contribution in [1.82, 2.24) is 15.1 Å². The van der Waals surface area contributed by atoms with Gasteiger partial charge in [-0.1, -0.05) is 22.9 Å². The molecule has 24 heavy (non-hydrogen) atoms. The van der Waals surface area contributed by atoms with Crippen LogP contribution in [0.3, 0.4) is 0 Å². The van der Waals surface area contributed by atoms with Gasteiger partial charge in [0.05, 0.1) is 5.69 Å². The van der Waals surface area contributed by atoms with Gasteiger partial charge in [-0.15, -0.1) is 0 Å². The quantitative estimate of drug-likeness (QED) is 0.723. The third kappa shape index (κ3) is 2.48. The van der Waals surface area contributed by atoms with Crippen molar-refractivity contribution in [1.29, 1.82) is 0 Å². The summed E-state index contributed by atoms with van der Waals surface area (Å²) in [6.45, 7) is 10.0. The summed E-state index contributed by atoms with van der Waals surface area (Å²) in [5, 5.41) is 4.95. The van der Waals surface area contributed by atoms with E-state index in [9.17, 15) is 0 Å². The zero-order valence-corrected chi connectivity index (χ0v) is 14.3. The molecule has 0 bridgehead atoms. The topological polar surface area (TPSA) is 58.3 Å². The average molecular weight is 323 g/mol. The zero-order valence-electron chi connectivity index (χ0n) is 14.3. The molecule has 0 unspecified atom stereocenters. The molecule has 0 atom stereocenters. The van der Waals surface area contributed by atoms with Crippen molar-refractivity contribution in [2.45, 2.75) is 20.8 Å². The molecule has 0 amide bonds. The van der Waals surface area contributed by atoms with Gasteiger partial charge in [0, 0.05) is 31.9 Å². The van der Waals surface area contributed by atoms with E-state index in [0.717, 1.165) is 43.1 Å².